The number of hydrogen-bond acceptors (Lipinski definition) is 2. The summed E-state index contributed by atoms with van der Waals surface area (Å²) in [6.07, 6.45) is 12.1. The maximum atomic E-state index is 10.1. The van der Waals surface area contributed by atoms with E-state index in [4.69, 9.17) is 0 Å². The summed E-state index contributed by atoms with van der Waals surface area (Å²) >= 11 is 0. The van der Waals surface area contributed by atoms with E-state index in [1.807, 2.05) is 0 Å². The minimum Gasteiger partial charge on any atom is -0.396 e. The predicted molar refractivity (Wildman–Crippen MR) is 97.4 cm³/mol. The van der Waals surface area contributed by atoms with E-state index in [1.165, 1.54) is 38.5 Å². The highest BCUT2D eigenvalue weighted by Gasteiger charge is 2.59. The van der Waals surface area contributed by atoms with E-state index in [0.717, 1.165) is 30.6 Å². The van der Waals surface area contributed by atoms with Crippen LogP contribution in [0.15, 0.2) is 11.6 Å². The number of hydrogen-bond donors (Lipinski definition) is 2. The van der Waals surface area contributed by atoms with Gasteiger partial charge in [-0.25, -0.2) is 0 Å². The van der Waals surface area contributed by atoms with Gasteiger partial charge in [-0.15, -0.1) is 0 Å². The zero-order valence-electron chi connectivity index (χ0n) is 15.8. The van der Waals surface area contributed by atoms with Crippen molar-refractivity contribution in [2.24, 2.45) is 40.4 Å². The Bertz CT molecular complexity index is 526. The van der Waals surface area contributed by atoms with Crippen LogP contribution < -0.4 is 0 Å². The average molecular weight is 333 g/mol. The van der Waals surface area contributed by atoms with E-state index in [9.17, 15) is 10.2 Å². The molecule has 0 spiro atoms. The van der Waals surface area contributed by atoms with Crippen molar-refractivity contribution in [1.82, 2.24) is 0 Å². The molecule has 0 aliphatic heterocycles. The number of allylic oxidation sites excluding steroid dienone is 1. The Labute approximate surface area is 147 Å². The summed E-state index contributed by atoms with van der Waals surface area (Å²) in [6.45, 7) is 7.66. The first kappa shape index (κ1) is 17.1. The topological polar surface area (TPSA) is 40.5 Å². The molecule has 2 heteroatoms. The van der Waals surface area contributed by atoms with Gasteiger partial charge in [-0.2, -0.15) is 0 Å². The lowest BCUT2D eigenvalue weighted by Crippen LogP contribution is -2.51. The first-order valence-corrected chi connectivity index (χ1v) is 10.4. The van der Waals surface area contributed by atoms with Gasteiger partial charge in [0.05, 0.1) is 6.10 Å². The van der Waals surface area contributed by atoms with Crippen molar-refractivity contribution in [3.8, 4) is 0 Å². The van der Waals surface area contributed by atoms with Gasteiger partial charge in [0.2, 0.25) is 0 Å². The van der Waals surface area contributed by atoms with Gasteiger partial charge in [-0.3, -0.25) is 0 Å². The van der Waals surface area contributed by atoms with Gasteiger partial charge in [-0.05, 0) is 91.8 Å². The normalized spacial score (nSPS) is 52.0. The quantitative estimate of drug-likeness (QED) is 0.728. The lowest BCUT2D eigenvalue weighted by Gasteiger charge is -2.58. The van der Waals surface area contributed by atoms with E-state index < -0.39 is 0 Å². The van der Waals surface area contributed by atoms with Crippen molar-refractivity contribution >= 4 is 0 Å². The van der Waals surface area contributed by atoms with E-state index >= 15 is 0 Å². The Morgan fingerprint density at radius 3 is 2.67 bits per heavy atom. The largest absolute Gasteiger partial charge is 0.396 e. The molecule has 4 rings (SSSR count). The van der Waals surface area contributed by atoms with Gasteiger partial charge in [0.15, 0.2) is 0 Å². The maximum absolute atomic E-state index is 10.1. The van der Waals surface area contributed by atoms with Crippen molar-refractivity contribution in [1.29, 1.82) is 0 Å². The van der Waals surface area contributed by atoms with Crippen molar-refractivity contribution in [2.75, 3.05) is 6.61 Å². The molecule has 0 amide bonds. The van der Waals surface area contributed by atoms with Crippen LogP contribution in [0.25, 0.3) is 0 Å². The van der Waals surface area contributed by atoms with Gasteiger partial charge in [0, 0.05) is 6.61 Å². The van der Waals surface area contributed by atoms with Crippen LogP contribution in [0.5, 0.6) is 0 Å². The molecule has 1 unspecified atom stereocenters. The molecule has 3 fully saturated rings. The second-order valence-corrected chi connectivity index (χ2v) is 10.0. The van der Waals surface area contributed by atoms with Crippen LogP contribution in [0.4, 0.5) is 0 Å². The third-order valence-corrected chi connectivity index (χ3v) is 9.13. The van der Waals surface area contributed by atoms with Crippen molar-refractivity contribution in [3.05, 3.63) is 11.6 Å². The van der Waals surface area contributed by atoms with E-state index in [0.29, 0.717) is 29.3 Å². The fourth-order valence-electron chi connectivity index (χ4n) is 7.74. The minimum absolute atomic E-state index is 0.101. The number of aliphatic hydroxyl groups excluding tert-OH is 2. The van der Waals surface area contributed by atoms with Gasteiger partial charge in [0.25, 0.3) is 0 Å². The zero-order valence-corrected chi connectivity index (χ0v) is 15.8. The molecule has 24 heavy (non-hydrogen) atoms. The summed E-state index contributed by atoms with van der Waals surface area (Å²) in [5.41, 5.74) is 2.37. The molecule has 0 aromatic heterocycles. The molecule has 0 radical (unpaired) electrons. The monoisotopic (exact) mass is 332 g/mol. The third-order valence-electron chi connectivity index (χ3n) is 9.13. The molecule has 4 aliphatic rings. The fourth-order valence-corrected chi connectivity index (χ4v) is 7.74. The molecule has 0 heterocycles. The minimum atomic E-state index is -0.101. The van der Waals surface area contributed by atoms with Crippen LogP contribution >= 0.6 is 0 Å². The highest BCUT2D eigenvalue weighted by Crippen LogP contribution is 2.67. The van der Waals surface area contributed by atoms with Crippen LogP contribution in [0.1, 0.15) is 72.1 Å². The van der Waals surface area contributed by atoms with Crippen LogP contribution in [0.3, 0.4) is 0 Å². The Morgan fingerprint density at radius 2 is 1.92 bits per heavy atom. The number of fused-ring (bicyclic) bond motifs is 5. The fraction of sp³-hybridized carbons (Fsp3) is 0.909. The highest BCUT2D eigenvalue weighted by atomic mass is 16.3. The Kier molecular flexibility index (Phi) is 4.16. The SMILES string of the molecule is CC(CO)[C@H]1CC[C@H]2[C@@H]3CC=C4C[C@@H](O)CC[C@]4(C)[C@H]3CC[C@]12C. The summed E-state index contributed by atoms with van der Waals surface area (Å²) < 4.78 is 0. The molecule has 0 aromatic carbocycles. The molecule has 0 saturated heterocycles. The van der Waals surface area contributed by atoms with Crippen LogP contribution in [-0.4, -0.2) is 22.9 Å². The predicted octanol–water partition coefficient (Wildman–Crippen LogP) is 4.55. The molecule has 136 valence electrons. The second kappa shape index (κ2) is 5.84. The van der Waals surface area contributed by atoms with E-state index in [-0.39, 0.29) is 6.10 Å². The molecular formula is C22H36O2. The molecular weight excluding hydrogens is 296 g/mol. The molecule has 2 nitrogen and oxygen atoms in total. The van der Waals surface area contributed by atoms with Crippen molar-refractivity contribution < 1.29 is 10.2 Å². The van der Waals surface area contributed by atoms with Crippen molar-refractivity contribution in [2.45, 2.75) is 78.2 Å². The molecule has 0 bridgehead atoms. The molecule has 8 atom stereocenters. The summed E-state index contributed by atoms with van der Waals surface area (Å²) in [6, 6.07) is 0. The third kappa shape index (κ3) is 2.28. The van der Waals surface area contributed by atoms with Gasteiger partial charge < -0.3 is 10.2 Å². The van der Waals surface area contributed by atoms with Crippen LogP contribution in [0.2, 0.25) is 0 Å². The van der Waals surface area contributed by atoms with Gasteiger partial charge >= 0.3 is 0 Å². The molecule has 3 saturated carbocycles. The summed E-state index contributed by atoms with van der Waals surface area (Å²) in [7, 11) is 0. The lowest BCUT2D eigenvalue weighted by molar-refractivity contribution is -0.0598. The summed E-state index contributed by atoms with van der Waals surface area (Å²) in [5.74, 6) is 3.66. The lowest BCUT2D eigenvalue weighted by atomic mass is 9.47. The first-order chi connectivity index (χ1) is 11.4. The van der Waals surface area contributed by atoms with Crippen LogP contribution in [0, 0.1) is 40.4 Å². The summed E-state index contributed by atoms with van der Waals surface area (Å²) in [4.78, 5) is 0. The smallest absolute Gasteiger partial charge is 0.0577 e. The summed E-state index contributed by atoms with van der Waals surface area (Å²) in [5, 5.41) is 19.8. The van der Waals surface area contributed by atoms with Crippen molar-refractivity contribution in [3.63, 3.8) is 0 Å². The first-order valence-electron chi connectivity index (χ1n) is 10.4. The molecule has 2 N–H and O–H groups in total. The standard InChI is InChI=1S/C22H36O2/c1-14(13-23)18-6-7-19-17-5-4-15-12-16(24)8-10-21(15,2)20(17)9-11-22(18,19)3/h4,14,16-20,23-24H,5-13H2,1-3H3/t14?,16-,17-,18+,19-,20-,21-,22+/m0/s1. The Morgan fingerprint density at radius 1 is 1.12 bits per heavy atom. The number of rotatable bonds is 2. The number of aliphatic hydroxyl groups is 2. The van der Waals surface area contributed by atoms with Gasteiger partial charge in [-0.1, -0.05) is 32.4 Å². The Hall–Kier alpha value is -0.340. The Balaban J connectivity index is 1.63. The van der Waals surface area contributed by atoms with Crippen LogP contribution in [-0.2, 0) is 0 Å². The van der Waals surface area contributed by atoms with E-state index in [2.05, 4.69) is 26.8 Å². The maximum Gasteiger partial charge on any atom is 0.0577 e. The highest BCUT2D eigenvalue weighted by molar-refractivity contribution is 5.25. The molecule has 4 aliphatic carbocycles. The zero-order chi connectivity index (χ0) is 17.1. The van der Waals surface area contributed by atoms with E-state index in [1.54, 1.807) is 5.57 Å². The van der Waals surface area contributed by atoms with Gasteiger partial charge in [0.1, 0.15) is 0 Å². The molecule has 0 aromatic rings. The average Bonchev–Trinajstić information content (AvgIpc) is 2.92. The second-order valence-electron chi connectivity index (χ2n) is 10.0.